The molecule has 0 unspecified atom stereocenters. The van der Waals surface area contributed by atoms with Gasteiger partial charge in [0.15, 0.2) is 11.6 Å². The van der Waals surface area contributed by atoms with Gasteiger partial charge in [0.05, 0.1) is 24.4 Å². The number of nitrogens with zero attached hydrogens (tertiary/aromatic N) is 6. The van der Waals surface area contributed by atoms with Gasteiger partial charge in [0.25, 0.3) is 0 Å². The molecule has 1 aliphatic rings. The average Bonchev–Trinajstić information content (AvgIpc) is 3.03. The summed E-state index contributed by atoms with van der Waals surface area (Å²) in [5.41, 5.74) is 4.25. The van der Waals surface area contributed by atoms with Crippen molar-refractivity contribution >= 4 is 45.9 Å². The number of amides is 3. The third kappa shape index (κ3) is 6.36. The van der Waals surface area contributed by atoms with E-state index in [1.165, 1.54) is 25.4 Å². The van der Waals surface area contributed by atoms with Crippen LogP contribution in [-0.2, 0) is 9.53 Å². The zero-order valence-corrected chi connectivity index (χ0v) is 23.0. The summed E-state index contributed by atoms with van der Waals surface area (Å²) >= 11 is 0. The summed E-state index contributed by atoms with van der Waals surface area (Å²) in [7, 11) is 0. The van der Waals surface area contributed by atoms with E-state index in [9.17, 15) is 9.59 Å². The van der Waals surface area contributed by atoms with Gasteiger partial charge in [0, 0.05) is 66.7 Å². The molecule has 0 bridgehead atoms. The number of halogens is 1. The van der Waals surface area contributed by atoms with Gasteiger partial charge in [-0.3, -0.25) is 9.78 Å². The number of ether oxygens (including phenoxy) is 1. The first-order valence-corrected chi connectivity index (χ1v) is 13.4. The van der Waals surface area contributed by atoms with Crippen molar-refractivity contribution in [3.8, 4) is 22.5 Å². The van der Waals surface area contributed by atoms with Crippen molar-refractivity contribution in [1.29, 1.82) is 0 Å². The maximum absolute atomic E-state index is 15.3. The van der Waals surface area contributed by atoms with Crippen molar-refractivity contribution in [3.63, 3.8) is 0 Å². The fourth-order valence-corrected chi connectivity index (χ4v) is 4.61. The lowest BCUT2D eigenvalue weighted by Gasteiger charge is -2.28. The molecule has 1 saturated heterocycles. The van der Waals surface area contributed by atoms with E-state index >= 15 is 4.39 Å². The third-order valence-electron chi connectivity index (χ3n) is 6.66. The van der Waals surface area contributed by atoms with Gasteiger partial charge >= 0.3 is 6.03 Å². The Bertz CT molecular complexity index is 1800. The number of benzene rings is 2. The standard InChI is InChI=1S/C30H26FN9O3/c1-18(41)35-22-3-5-23(6-4-22)36-30(42)38-25-7-2-19(12-24(25)31)28-37-26-13-20(21-14-32-17-33-15-21)16-34-27(26)29(39-28)40-8-10-43-11-9-40/h2-7,12-17H,8-11H2,1H3,(H,35,41)(H2,36,38,42). The van der Waals surface area contributed by atoms with Crippen molar-refractivity contribution in [1.82, 2.24) is 24.9 Å². The molecular weight excluding hydrogens is 553 g/mol. The predicted molar refractivity (Wildman–Crippen MR) is 160 cm³/mol. The van der Waals surface area contributed by atoms with E-state index in [2.05, 4.69) is 35.8 Å². The number of carbonyl (C=O) groups excluding carboxylic acids is 2. The van der Waals surface area contributed by atoms with Gasteiger partial charge in [0.2, 0.25) is 5.91 Å². The first-order chi connectivity index (χ1) is 20.9. The Morgan fingerprint density at radius 2 is 1.56 bits per heavy atom. The van der Waals surface area contributed by atoms with E-state index in [1.54, 1.807) is 48.9 Å². The zero-order chi connectivity index (χ0) is 29.8. The van der Waals surface area contributed by atoms with E-state index in [0.717, 1.165) is 11.1 Å². The van der Waals surface area contributed by atoms with Crippen LogP contribution in [0.25, 0.3) is 33.5 Å². The van der Waals surface area contributed by atoms with Crippen molar-refractivity contribution in [2.75, 3.05) is 47.2 Å². The number of hydrogen-bond acceptors (Lipinski definition) is 9. The molecule has 4 heterocycles. The number of morpholine rings is 1. The van der Waals surface area contributed by atoms with Crippen LogP contribution in [-0.4, -0.2) is 63.2 Å². The molecule has 0 atom stereocenters. The van der Waals surface area contributed by atoms with Crippen LogP contribution < -0.4 is 20.9 Å². The second kappa shape index (κ2) is 12.1. The molecule has 12 nitrogen and oxygen atoms in total. The summed E-state index contributed by atoms with van der Waals surface area (Å²) in [6.45, 7) is 3.77. The highest BCUT2D eigenvalue weighted by atomic mass is 19.1. The fourth-order valence-electron chi connectivity index (χ4n) is 4.61. The monoisotopic (exact) mass is 579 g/mol. The van der Waals surface area contributed by atoms with Crippen LogP contribution in [0.2, 0.25) is 0 Å². The summed E-state index contributed by atoms with van der Waals surface area (Å²) in [4.78, 5) is 48.2. The molecule has 43 heavy (non-hydrogen) atoms. The molecule has 0 radical (unpaired) electrons. The Morgan fingerprint density at radius 3 is 2.26 bits per heavy atom. The minimum absolute atomic E-state index is 0.0154. The number of anilines is 4. The second-order valence-electron chi connectivity index (χ2n) is 9.72. The first kappa shape index (κ1) is 27.6. The number of fused-ring (bicyclic) bond motifs is 1. The minimum atomic E-state index is -0.654. The molecule has 0 saturated carbocycles. The third-order valence-corrected chi connectivity index (χ3v) is 6.66. The van der Waals surface area contributed by atoms with Gasteiger partial charge in [-0.25, -0.2) is 29.1 Å². The van der Waals surface area contributed by atoms with E-state index < -0.39 is 11.8 Å². The molecule has 13 heteroatoms. The van der Waals surface area contributed by atoms with Gasteiger partial charge in [-0.2, -0.15) is 0 Å². The Balaban J connectivity index is 1.27. The van der Waals surface area contributed by atoms with Gasteiger partial charge in [-0.1, -0.05) is 0 Å². The molecule has 0 aliphatic carbocycles. The van der Waals surface area contributed by atoms with Gasteiger partial charge < -0.3 is 25.6 Å². The quantitative estimate of drug-likeness (QED) is 0.260. The molecule has 3 amide bonds. The van der Waals surface area contributed by atoms with Crippen LogP contribution in [0.3, 0.4) is 0 Å². The summed E-state index contributed by atoms with van der Waals surface area (Å²) in [6, 6.07) is 12.2. The maximum Gasteiger partial charge on any atom is 0.323 e. The number of hydrogen-bond donors (Lipinski definition) is 3. The van der Waals surface area contributed by atoms with Crippen molar-refractivity contribution in [2.45, 2.75) is 6.92 Å². The van der Waals surface area contributed by atoms with Crippen molar-refractivity contribution in [3.05, 3.63) is 79.3 Å². The van der Waals surface area contributed by atoms with E-state index in [0.29, 0.717) is 65.9 Å². The minimum Gasteiger partial charge on any atom is -0.378 e. The summed E-state index contributed by atoms with van der Waals surface area (Å²) in [5.74, 6) is 0.0863. The fraction of sp³-hybridized carbons (Fsp3) is 0.167. The Morgan fingerprint density at radius 1 is 0.837 bits per heavy atom. The van der Waals surface area contributed by atoms with Crippen LogP contribution >= 0.6 is 0 Å². The lowest BCUT2D eigenvalue weighted by Crippen LogP contribution is -2.37. The molecule has 1 fully saturated rings. The Labute approximate surface area is 245 Å². The highest BCUT2D eigenvalue weighted by Crippen LogP contribution is 2.31. The molecule has 216 valence electrons. The largest absolute Gasteiger partial charge is 0.378 e. The highest BCUT2D eigenvalue weighted by molar-refractivity contribution is 6.00. The second-order valence-corrected chi connectivity index (χ2v) is 9.72. The Hall–Kier alpha value is -5.56. The Kier molecular flexibility index (Phi) is 7.78. The molecule has 2 aromatic carbocycles. The molecule has 3 aromatic heterocycles. The van der Waals surface area contributed by atoms with E-state index in [4.69, 9.17) is 14.7 Å². The zero-order valence-electron chi connectivity index (χ0n) is 23.0. The summed E-state index contributed by atoms with van der Waals surface area (Å²) in [6.07, 6.45) is 6.58. The first-order valence-electron chi connectivity index (χ1n) is 13.4. The number of nitrogens with one attached hydrogen (secondary N) is 3. The number of carbonyl (C=O) groups is 2. The number of pyridine rings is 1. The SMILES string of the molecule is CC(=O)Nc1ccc(NC(=O)Nc2ccc(-c3nc(N4CCOCC4)c4ncc(-c5cncnc5)cc4n3)cc2F)cc1. The molecule has 1 aliphatic heterocycles. The number of urea groups is 1. The number of rotatable bonds is 6. The highest BCUT2D eigenvalue weighted by Gasteiger charge is 2.20. The van der Waals surface area contributed by atoms with Gasteiger partial charge in [-0.05, 0) is 48.5 Å². The van der Waals surface area contributed by atoms with Crippen LogP contribution in [0.15, 0.2) is 73.4 Å². The normalized spacial score (nSPS) is 13.0. The maximum atomic E-state index is 15.3. The predicted octanol–water partition coefficient (Wildman–Crippen LogP) is 4.73. The number of aromatic nitrogens is 5. The van der Waals surface area contributed by atoms with Crippen molar-refractivity contribution < 1.29 is 18.7 Å². The smallest absolute Gasteiger partial charge is 0.323 e. The van der Waals surface area contributed by atoms with Crippen molar-refractivity contribution in [2.24, 2.45) is 0 Å². The van der Waals surface area contributed by atoms with Crippen LogP contribution in [0.1, 0.15) is 6.92 Å². The summed E-state index contributed by atoms with van der Waals surface area (Å²) < 4.78 is 20.8. The van der Waals surface area contributed by atoms with E-state index in [-0.39, 0.29) is 11.6 Å². The molecule has 3 N–H and O–H groups in total. The lowest BCUT2D eigenvalue weighted by molar-refractivity contribution is -0.114. The van der Waals surface area contributed by atoms with E-state index in [1.807, 2.05) is 6.07 Å². The van der Waals surface area contributed by atoms with Crippen LogP contribution in [0, 0.1) is 5.82 Å². The van der Waals surface area contributed by atoms with Crippen LogP contribution in [0.5, 0.6) is 0 Å². The summed E-state index contributed by atoms with van der Waals surface area (Å²) in [5, 5.41) is 7.81. The molecule has 0 spiro atoms. The van der Waals surface area contributed by atoms with Crippen LogP contribution in [0.4, 0.5) is 32.1 Å². The molecular formula is C30H26FN9O3. The van der Waals surface area contributed by atoms with Gasteiger partial charge in [-0.15, -0.1) is 0 Å². The lowest BCUT2D eigenvalue weighted by atomic mass is 10.1. The average molecular weight is 580 g/mol. The molecule has 5 aromatic rings. The van der Waals surface area contributed by atoms with Gasteiger partial charge in [0.1, 0.15) is 17.7 Å². The topological polar surface area (TPSA) is 147 Å². The molecule has 6 rings (SSSR count).